The minimum Gasteiger partial charge on any atom is -0.267 e. The van der Waals surface area contributed by atoms with Gasteiger partial charge in [-0.05, 0) is 19.9 Å². The molecular weight excluding hydrogens is 136 g/mol. The Kier molecular flexibility index (Phi) is 2.78. The smallest absolute Gasteiger partial charge is 0.154 e. The highest BCUT2D eigenvalue weighted by Crippen LogP contribution is 2.05. The van der Waals surface area contributed by atoms with Crippen molar-refractivity contribution in [1.29, 1.82) is 0 Å². The Bertz CT molecular complexity index is 244. The average Bonchev–Trinajstić information content (AvgIpc) is 2.06. The summed E-state index contributed by atoms with van der Waals surface area (Å²) in [5, 5.41) is 0. The van der Waals surface area contributed by atoms with E-state index in [1.807, 2.05) is 32.1 Å². The summed E-state index contributed by atoms with van der Waals surface area (Å²) in [7, 11) is 0. The SMILES string of the molecule is C/C=C1/C=CC=NC1=NCC. The van der Waals surface area contributed by atoms with E-state index in [4.69, 9.17) is 0 Å². The lowest BCUT2D eigenvalue weighted by atomic mass is 10.2. The third-order valence-electron chi connectivity index (χ3n) is 1.44. The average molecular weight is 148 g/mol. The highest BCUT2D eigenvalue weighted by molar-refractivity contribution is 6.08. The summed E-state index contributed by atoms with van der Waals surface area (Å²) >= 11 is 0. The molecule has 0 aromatic rings. The lowest BCUT2D eigenvalue weighted by Gasteiger charge is -2.03. The van der Waals surface area contributed by atoms with Crippen LogP contribution in [0, 0.1) is 0 Å². The lowest BCUT2D eigenvalue weighted by Crippen LogP contribution is -2.01. The second-order valence-electron chi connectivity index (χ2n) is 2.18. The molecule has 11 heavy (non-hydrogen) atoms. The summed E-state index contributed by atoms with van der Waals surface area (Å²) < 4.78 is 0. The number of dihydropyridines is 1. The van der Waals surface area contributed by atoms with Gasteiger partial charge < -0.3 is 0 Å². The molecule has 0 saturated heterocycles. The fourth-order valence-corrected chi connectivity index (χ4v) is 0.917. The van der Waals surface area contributed by atoms with Gasteiger partial charge in [0.1, 0.15) is 0 Å². The first-order valence-corrected chi connectivity index (χ1v) is 3.80. The van der Waals surface area contributed by atoms with Crippen LogP contribution in [0.3, 0.4) is 0 Å². The van der Waals surface area contributed by atoms with Gasteiger partial charge in [0.2, 0.25) is 0 Å². The van der Waals surface area contributed by atoms with Gasteiger partial charge in [-0.1, -0.05) is 12.2 Å². The maximum Gasteiger partial charge on any atom is 0.154 e. The molecule has 1 aliphatic rings. The standard InChI is InChI=1S/C9H12N2/c1-3-8-6-5-7-11-9(8)10-4-2/h3,5-7H,4H2,1-2H3/b8-3-,10-9?. The Labute approximate surface area is 67.1 Å². The topological polar surface area (TPSA) is 24.7 Å². The first kappa shape index (κ1) is 7.92. The largest absolute Gasteiger partial charge is 0.267 e. The zero-order chi connectivity index (χ0) is 8.10. The first-order valence-electron chi connectivity index (χ1n) is 3.80. The van der Waals surface area contributed by atoms with E-state index in [9.17, 15) is 0 Å². The Balaban J connectivity index is 2.88. The fourth-order valence-electron chi connectivity index (χ4n) is 0.917. The van der Waals surface area contributed by atoms with E-state index in [1.165, 1.54) is 0 Å². The van der Waals surface area contributed by atoms with Crippen LogP contribution in [-0.2, 0) is 0 Å². The number of nitrogens with zero attached hydrogens (tertiary/aromatic N) is 2. The van der Waals surface area contributed by atoms with Gasteiger partial charge in [0.15, 0.2) is 5.84 Å². The monoisotopic (exact) mass is 148 g/mol. The van der Waals surface area contributed by atoms with E-state index in [0.717, 1.165) is 18.0 Å². The van der Waals surface area contributed by atoms with Crippen molar-refractivity contribution in [2.45, 2.75) is 13.8 Å². The zero-order valence-corrected chi connectivity index (χ0v) is 6.91. The van der Waals surface area contributed by atoms with E-state index in [-0.39, 0.29) is 0 Å². The molecule has 0 N–H and O–H groups in total. The Hall–Kier alpha value is -1.18. The predicted octanol–water partition coefficient (Wildman–Crippen LogP) is 1.99. The van der Waals surface area contributed by atoms with Gasteiger partial charge in [0.25, 0.3) is 0 Å². The van der Waals surface area contributed by atoms with Gasteiger partial charge in [-0.25, -0.2) is 4.99 Å². The number of amidine groups is 1. The summed E-state index contributed by atoms with van der Waals surface area (Å²) in [6, 6.07) is 0. The number of hydrogen-bond donors (Lipinski definition) is 0. The van der Waals surface area contributed by atoms with Crippen LogP contribution < -0.4 is 0 Å². The van der Waals surface area contributed by atoms with Crippen molar-refractivity contribution in [3.8, 4) is 0 Å². The summed E-state index contributed by atoms with van der Waals surface area (Å²) in [5.41, 5.74) is 1.11. The van der Waals surface area contributed by atoms with Crippen molar-refractivity contribution in [1.82, 2.24) is 0 Å². The molecule has 0 aromatic carbocycles. The van der Waals surface area contributed by atoms with Crippen LogP contribution in [0.1, 0.15) is 13.8 Å². The molecule has 2 heteroatoms. The van der Waals surface area contributed by atoms with Crippen LogP contribution in [0.2, 0.25) is 0 Å². The van der Waals surface area contributed by atoms with Crippen molar-refractivity contribution >= 4 is 12.1 Å². The molecule has 0 aliphatic carbocycles. The van der Waals surface area contributed by atoms with E-state index in [0.29, 0.717) is 0 Å². The van der Waals surface area contributed by atoms with Crippen LogP contribution in [0.4, 0.5) is 0 Å². The van der Waals surface area contributed by atoms with Gasteiger partial charge in [-0.15, -0.1) is 0 Å². The van der Waals surface area contributed by atoms with Crippen LogP contribution in [0.25, 0.3) is 0 Å². The Morgan fingerprint density at radius 3 is 3.09 bits per heavy atom. The third kappa shape index (κ3) is 1.87. The van der Waals surface area contributed by atoms with Crippen molar-refractivity contribution < 1.29 is 0 Å². The number of allylic oxidation sites excluding steroid dienone is 2. The summed E-state index contributed by atoms with van der Waals surface area (Å²) in [6.07, 6.45) is 7.72. The van der Waals surface area contributed by atoms with Crippen molar-refractivity contribution in [2.75, 3.05) is 6.54 Å². The van der Waals surface area contributed by atoms with E-state index in [2.05, 4.69) is 9.98 Å². The maximum atomic E-state index is 4.24. The quantitative estimate of drug-likeness (QED) is 0.543. The molecule has 0 unspecified atom stereocenters. The van der Waals surface area contributed by atoms with Gasteiger partial charge in [0, 0.05) is 18.3 Å². The molecule has 2 nitrogen and oxygen atoms in total. The lowest BCUT2D eigenvalue weighted by molar-refractivity contribution is 1.12. The van der Waals surface area contributed by atoms with Crippen molar-refractivity contribution in [3.05, 3.63) is 23.8 Å². The van der Waals surface area contributed by atoms with E-state index in [1.54, 1.807) is 6.21 Å². The Morgan fingerprint density at radius 2 is 2.45 bits per heavy atom. The predicted molar refractivity (Wildman–Crippen MR) is 49.4 cm³/mol. The molecule has 0 spiro atoms. The summed E-state index contributed by atoms with van der Waals surface area (Å²) in [4.78, 5) is 8.38. The molecular formula is C9H12N2. The summed E-state index contributed by atoms with van der Waals surface area (Å²) in [6.45, 7) is 4.79. The molecule has 1 heterocycles. The molecule has 0 saturated carbocycles. The van der Waals surface area contributed by atoms with E-state index < -0.39 is 0 Å². The number of rotatable bonds is 1. The number of aliphatic imine (C=N–C) groups is 2. The van der Waals surface area contributed by atoms with Gasteiger partial charge in [-0.2, -0.15) is 0 Å². The molecule has 0 amide bonds. The summed E-state index contributed by atoms with van der Waals surface area (Å²) in [5.74, 6) is 0.845. The number of hydrogen-bond acceptors (Lipinski definition) is 1. The second kappa shape index (κ2) is 3.86. The van der Waals surface area contributed by atoms with Crippen LogP contribution in [0.5, 0.6) is 0 Å². The van der Waals surface area contributed by atoms with Crippen molar-refractivity contribution in [2.24, 2.45) is 9.98 Å². The minimum atomic E-state index is 0.790. The highest BCUT2D eigenvalue weighted by atomic mass is 14.9. The molecule has 1 rings (SSSR count). The fraction of sp³-hybridized carbons (Fsp3) is 0.333. The van der Waals surface area contributed by atoms with Crippen molar-refractivity contribution in [3.63, 3.8) is 0 Å². The molecule has 0 fully saturated rings. The molecule has 1 aliphatic heterocycles. The Morgan fingerprint density at radius 1 is 1.64 bits per heavy atom. The normalized spacial score (nSPS) is 23.5. The second-order valence-corrected chi connectivity index (χ2v) is 2.18. The first-order chi connectivity index (χ1) is 5.38. The maximum absolute atomic E-state index is 4.24. The minimum absolute atomic E-state index is 0.790. The van der Waals surface area contributed by atoms with Gasteiger partial charge >= 0.3 is 0 Å². The van der Waals surface area contributed by atoms with Crippen LogP contribution >= 0.6 is 0 Å². The molecule has 0 aromatic heterocycles. The molecule has 0 atom stereocenters. The van der Waals surface area contributed by atoms with Crippen LogP contribution in [0.15, 0.2) is 33.8 Å². The molecule has 0 radical (unpaired) electrons. The molecule has 0 bridgehead atoms. The van der Waals surface area contributed by atoms with Gasteiger partial charge in [-0.3, -0.25) is 4.99 Å². The third-order valence-corrected chi connectivity index (χ3v) is 1.44. The van der Waals surface area contributed by atoms with Gasteiger partial charge in [0.05, 0.1) is 0 Å². The zero-order valence-electron chi connectivity index (χ0n) is 6.91. The molecule has 58 valence electrons. The highest BCUT2D eigenvalue weighted by Gasteiger charge is 2.01. The van der Waals surface area contributed by atoms with Crippen LogP contribution in [-0.4, -0.2) is 18.6 Å². The van der Waals surface area contributed by atoms with E-state index >= 15 is 0 Å².